The van der Waals surface area contributed by atoms with Crippen LogP contribution >= 0.6 is 35.3 Å². The lowest BCUT2D eigenvalue weighted by atomic mass is 9.84. The van der Waals surface area contributed by atoms with Gasteiger partial charge in [0.25, 0.3) is 0 Å². The summed E-state index contributed by atoms with van der Waals surface area (Å²) in [7, 11) is 0. The van der Waals surface area contributed by atoms with E-state index in [1.165, 1.54) is 32.1 Å². The minimum Gasteiger partial charge on any atom is -0.444 e. The van der Waals surface area contributed by atoms with Gasteiger partial charge in [-0.1, -0.05) is 32.1 Å². The molecule has 4 nitrogen and oxygen atoms in total. The quantitative estimate of drug-likeness (QED) is 0.553. The summed E-state index contributed by atoms with van der Waals surface area (Å²) in [5.41, 5.74) is -0.542. The van der Waals surface area contributed by atoms with Crippen molar-refractivity contribution in [2.75, 3.05) is 18.8 Å². The van der Waals surface area contributed by atoms with E-state index in [-0.39, 0.29) is 6.04 Å². The number of alkyl carbamates (subject to hydrolysis) is 1. The summed E-state index contributed by atoms with van der Waals surface area (Å²) in [5, 5.41) is 14.1. The first-order valence-corrected chi connectivity index (χ1v) is 12.7. The summed E-state index contributed by atoms with van der Waals surface area (Å²) in [5.74, 6) is 0.562. The van der Waals surface area contributed by atoms with Gasteiger partial charge in [0.15, 0.2) is 0 Å². The number of hydrogen-bond donors (Lipinski definition) is 2. The lowest BCUT2D eigenvalue weighted by Crippen LogP contribution is -2.52. The second-order valence-corrected chi connectivity index (χ2v) is 11.6. The highest BCUT2D eigenvalue weighted by atomic mass is 32.3. The normalized spacial score (nSPS) is 19.3. The molecule has 2 N–H and O–H groups in total. The Morgan fingerprint density at radius 1 is 1.12 bits per heavy atom. The fourth-order valence-electron chi connectivity index (χ4n) is 3.37. The second kappa shape index (κ2) is 10.6. The van der Waals surface area contributed by atoms with E-state index in [4.69, 9.17) is 4.74 Å². The molecular formula is C18H35NO3S3. The van der Waals surface area contributed by atoms with Crippen LogP contribution in [0.3, 0.4) is 0 Å². The van der Waals surface area contributed by atoms with Crippen molar-refractivity contribution in [1.82, 2.24) is 5.32 Å². The van der Waals surface area contributed by atoms with Crippen molar-refractivity contribution < 1.29 is 14.6 Å². The fourth-order valence-corrected chi connectivity index (χ4v) is 6.58. The summed E-state index contributed by atoms with van der Waals surface area (Å²) in [4.78, 5) is 12.3. The van der Waals surface area contributed by atoms with Crippen LogP contribution < -0.4 is 5.32 Å². The first-order valence-electron chi connectivity index (χ1n) is 9.00. The molecular weight excluding hydrogens is 374 g/mol. The Balaban J connectivity index is 2.90. The van der Waals surface area contributed by atoms with E-state index in [9.17, 15) is 9.90 Å². The van der Waals surface area contributed by atoms with Crippen LogP contribution in [0.4, 0.5) is 4.79 Å². The van der Waals surface area contributed by atoms with E-state index in [2.05, 4.69) is 5.32 Å². The number of carbonyl (C=O) groups excluding carboxylic acids is 1. The van der Waals surface area contributed by atoms with Crippen molar-refractivity contribution in [2.24, 2.45) is 5.92 Å². The molecule has 1 aliphatic rings. The highest BCUT2D eigenvalue weighted by Crippen LogP contribution is 2.47. The van der Waals surface area contributed by atoms with Gasteiger partial charge in [-0.25, -0.2) is 4.79 Å². The fraction of sp³-hybridized carbons (Fsp3) is 0.944. The standard InChI is InChI=1S/C18H35NO3S3/c1-17(2,3)22-16(21)19-14(12-13-10-8-7-9-11-13)15(20)18(23-4,24-5)25-6/h13-15,20H,7-12H2,1-6H3,(H,19,21)/t14-,15?/m0/s1. The van der Waals surface area contributed by atoms with Crippen LogP contribution in [-0.2, 0) is 4.74 Å². The lowest BCUT2D eigenvalue weighted by molar-refractivity contribution is 0.0402. The molecule has 2 atom stereocenters. The van der Waals surface area contributed by atoms with Crippen LogP contribution in [0.2, 0.25) is 0 Å². The summed E-state index contributed by atoms with van der Waals surface area (Å²) < 4.78 is 5.05. The average Bonchev–Trinajstić information content (AvgIpc) is 2.55. The maximum Gasteiger partial charge on any atom is 0.407 e. The van der Waals surface area contributed by atoms with Crippen molar-refractivity contribution in [3.8, 4) is 0 Å². The molecule has 1 fully saturated rings. The van der Waals surface area contributed by atoms with Gasteiger partial charge in [0.2, 0.25) is 0 Å². The van der Waals surface area contributed by atoms with Crippen molar-refractivity contribution in [2.45, 2.75) is 80.5 Å². The number of nitrogens with one attached hydrogen (secondary N) is 1. The predicted molar refractivity (Wildman–Crippen MR) is 114 cm³/mol. The molecule has 0 aromatic heterocycles. The maximum atomic E-state index is 12.3. The highest BCUT2D eigenvalue weighted by molar-refractivity contribution is 8.33. The molecule has 0 spiro atoms. The van der Waals surface area contributed by atoms with Gasteiger partial charge in [0.05, 0.1) is 6.04 Å². The minimum absolute atomic E-state index is 0.301. The molecule has 0 aliphatic heterocycles. The van der Waals surface area contributed by atoms with Gasteiger partial charge < -0.3 is 15.2 Å². The molecule has 25 heavy (non-hydrogen) atoms. The number of ether oxygens (including phenoxy) is 1. The number of carbonyl (C=O) groups is 1. The lowest BCUT2D eigenvalue weighted by Gasteiger charge is -2.39. The molecule has 1 amide bonds. The molecule has 1 aliphatic carbocycles. The maximum absolute atomic E-state index is 12.3. The van der Waals surface area contributed by atoms with Crippen LogP contribution in [0, 0.1) is 5.92 Å². The van der Waals surface area contributed by atoms with E-state index in [1.54, 1.807) is 35.3 Å². The molecule has 0 radical (unpaired) electrons. The van der Waals surface area contributed by atoms with E-state index in [1.807, 2.05) is 39.5 Å². The van der Waals surface area contributed by atoms with Gasteiger partial charge >= 0.3 is 6.09 Å². The van der Waals surface area contributed by atoms with Gasteiger partial charge in [-0.2, -0.15) is 0 Å². The summed E-state index contributed by atoms with van der Waals surface area (Å²) in [6, 6.07) is -0.301. The Hall–Kier alpha value is 0.280. The highest BCUT2D eigenvalue weighted by Gasteiger charge is 2.42. The van der Waals surface area contributed by atoms with Crippen molar-refractivity contribution in [3.05, 3.63) is 0 Å². The molecule has 1 rings (SSSR count). The SMILES string of the molecule is CSC(SC)(SC)C(O)[C@H](CC1CCCCC1)NC(=O)OC(C)(C)C. The van der Waals surface area contributed by atoms with E-state index >= 15 is 0 Å². The summed E-state index contributed by atoms with van der Waals surface area (Å²) >= 11 is 4.92. The summed E-state index contributed by atoms with van der Waals surface area (Å²) in [6.07, 6.45) is 11.9. The van der Waals surface area contributed by atoms with Gasteiger partial charge in [0.1, 0.15) is 15.1 Å². The number of aliphatic hydroxyl groups excluding tert-OH is 1. The van der Waals surface area contributed by atoms with Gasteiger partial charge in [-0.3, -0.25) is 0 Å². The van der Waals surface area contributed by atoms with E-state index < -0.39 is 21.2 Å². The average molecular weight is 410 g/mol. The zero-order valence-electron chi connectivity index (χ0n) is 16.5. The van der Waals surface area contributed by atoms with Crippen molar-refractivity contribution in [3.63, 3.8) is 0 Å². The van der Waals surface area contributed by atoms with Gasteiger partial charge in [0, 0.05) is 0 Å². The first kappa shape index (κ1) is 23.3. The van der Waals surface area contributed by atoms with E-state index in [0.29, 0.717) is 5.92 Å². The Kier molecular flexibility index (Phi) is 9.86. The second-order valence-electron chi connectivity index (χ2n) is 7.65. The molecule has 7 heteroatoms. The number of amides is 1. The summed E-state index contributed by atoms with van der Waals surface area (Å²) in [6.45, 7) is 5.57. The van der Waals surface area contributed by atoms with Crippen LogP contribution in [0.15, 0.2) is 0 Å². The van der Waals surface area contributed by atoms with Gasteiger partial charge in [-0.15, -0.1) is 35.3 Å². The monoisotopic (exact) mass is 409 g/mol. The van der Waals surface area contributed by atoms with Crippen molar-refractivity contribution >= 4 is 41.4 Å². The molecule has 0 saturated heterocycles. The molecule has 148 valence electrons. The Morgan fingerprint density at radius 2 is 1.64 bits per heavy atom. The smallest absolute Gasteiger partial charge is 0.407 e. The third-order valence-electron chi connectivity index (χ3n) is 4.61. The third-order valence-corrected chi connectivity index (χ3v) is 10.0. The van der Waals surface area contributed by atoms with Crippen LogP contribution in [0.5, 0.6) is 0 Å². The van der Waals surface area contributed by atoms with Crippen molar-refractivity contribution in [1.29, 1.82) is 0 Å². The molecule has 1 unspecified atom stereocenters. The molecule has 1 saturated carbocycles. The first-order chi connectivity index (χ1) is 11.7. The van der Waals surface area contributed by atoms with E-state index in [0.717, 1.165) is 6.42 Å². The number of rotatable bonds is 8. The number of hydrogen-bond acceptors (Lipinski definition) is 6. The minimum atomic E-state index is -0.651. The molecule has 0 aromatic carbocycles. The van der Waals surface area contributed by atoms with Crippen LogP contribution in [0.25, 0.3) is 0 Å². The third kappa shape index (κ3) is 7.43. The Labute approximate surface area is 166 Å². The molecule has 0 bridgehead atoms. The largest absolute Gasteiger partial charge is 0.444 e. The Morgan fingerprint density at radius 3 is 2.08 bits per heavy atom. The predicted octanol–water partition coefficient (Wildman–Crippen LogP) is 4.95. The number of aliphatic hydroxyl groups is 1. The zero-order valence-corrected chi connectivity index (χ0v) is 18.9. The topological polar surface area (TPSA) is 58.6 Å². The van der Waals surface area contributed by atoms with Crippen LogP contribution in [0.1, 0.15) is 59.3 Å². The Bertz CT molecular complexity index is 397. The number of thioether (sulfide) groups is 3. The zero-order chi connectivity index (χ0) is 19.1. The van der Waals surface area contributed by atoms with Gasteiger partial charge in [-0.05, 0) is 51.9 Å². The molecule has 0 heterocycles. The molecule has 0 aromatic rings. The van der Waals surface area contributed by atoms with Crippen LogP contribution in [-0.4, -0.2) is 51.1 Å².